The van der Waals surface area contributed by atoms with Gasteiger partial charge >= 0.3 is 0 Å². The number of rotatable bonds is 5. The Balaban J connectivity index is 2.03. The second kappa shape index (κ2) is 8.97. The first-order chi connectivity index (χ1) is 11.5. The Kier molecular flexibility index (Phi) is 6.97. The van der Waals surface area contributed by atoms with E-state index in [-0.39, 0.29) is 11.9 Å². The second-order valence-electron chi connectivity index (χ2n) is 6.99. The van der Waals surface area contributed by atoms with Crippen molar-refractivity contribution in [2.24, 2.45) is 0 Å². The molecule has 2 heterocycles. The molecule has 0 radical (unpaired) electrons. The summed E-state index contributed by atoms with van der Waals surface area (Å²) in [5.41, 5.74) is 1.93. The van der Waals surface area contributed by atoms with Gasteiger partial charge in [-0.05, 0) is 40.8 Å². The monoisotopic (exact) mass is 333 g/mol. The maximum atomic E-state index is 11.9. The standard InChI is InChI=1S/C18H31N5O/c1-14(20-17(24)13-22(3)4)16-12-19-18(21-15(16)2)23-10-8-6-5-7-9-11-23/h12,14H,5-11,13H2,1-4H3,(H,20,24). The fourth-order valence-corrected chi connectivity index (χ4v) is 3.14. The molecule has 1 aromatic heterocycles. The topological polar surface area (TPSA) is 61.4 Å². The number of aromatic nitrogens is 2. The third-order valence-electron chi connectivity index (χ3n) is 4.45. The minimum Gasteiger partial charge on any atom is -0.348 e. The lowest BCUT2D eigenvalue weighted by molar-refractivity contribution is -0.122. The minimum absolute atomic E-state index is 0.0137. The van der Waals surface area contributed by atoms with E-state index in [0.717, 1.165) is 30.3 Å². The van der Waals surface area contributed by atoms with Crippen LogP contribution in [0.4, 0.5) is 5.95 Å². The number of hydrogen-bond donors (Lipinski definition) is 1. The lowest BCUT2D eigenvalue weighted by Gasteiger charge is -2.25. The van der Waals surface area contributed by atoms with E-state index in [1.807, 2.05) is 39.0 Å². The Morgan fingerprint density at radius 2 is 1.88 bits per heavy atom. The minimum atomic E-state index is -0.0844. The van der Waals surface area contributed by atoms with Crippen LogP contribution in [0, 0.1) is 6.92 Å². The van der Waals surface area contributed by atoms with Gasteiger partial charge < -0.3 is 15.1 Å². The van der Waals surface area contributed by atoms with Gasteiger partial charge in [-0.1, -0.05) is 19.3 Å². The molecular weight excluding hydrogens is 302 g/mol. The Morgan fingerprint density at radius 1 is 1.25 bits per heavy atom. The van der Waals surface area contributed by atoms with Gasteiger partial charge in [-0.3, -0.25) is 4.79 Å². The van der Waals surface area contributed by atoms with Crippen LogP contribution in [0.5, 0.6) is 0 Å². The Bertz CT molecular complexity index is 538. The van der Waals surface area contributed by atoms with E-state index >= 15 is 0 Å². The molecule has 1 saturated heterocycles. The number of carbonyl (C=O) groups excluding carboxylic acids is 1. The lowest BCUT2D eigenvalue weighted by atomic mass is 10.1. The molecular formula is C18H31N5O. The zero-order chi connectivity index (χ0) is 17.5. The maximum absolute atomic E-state index is 11.9. The van der Waals surface area contributed by atoms with Gasteiger partial charge in [0.15, 0.2) is 0 Å². The summed E-state index contributed by atoms with van der Waals surface area (Å²) >= 11 is 0. The van der Waals surface area contributed by atoms with Gasteiger partial charge in [0.2, 0.25) is 11.9 Å². The fourth-order valence-electron chi connectivity index (χ4n) is 3.14. The summed E-state index contributed by atoms with van der Waals surface area (Å²) in [6.07, 6.45) is 8.22. The number of nitrogens with zero attached hydrogens (tertiary/aromatic N) is 4. The Hall–Kier alpha value is -1.69. The summed E-state index contributed by atoms with van der Waals surface area (Å²) in [6.45, 7) is 6.44. The molecule has 1 atom stereocenters. The van der Waals surface area contributed by atoms with Gasteiger partial charge in [-0.25, -0.2) is 9.97 Å². The third kappa shape index (κ3) is 5.44. The van der Waals surface area contributed by atoms with E-state index in [4.69, 9.17) is 4.98 Å². The van der Waals surface area contributed by atoms with E-state index in [2.05, 4.69) is 15.2 Å². The highest BCUT2D eigenvalue weighted by atomic mass is 16.2. The summed E-state index contributed by atoms with van der Waals surface area (Å²) < 4.78 is 0. The number of anilines is 1. The number of aryl methyl sites for hydroxylation is 1. The van der Waals surface area contributed by atoms with Crippen molar-refractivity contribution in [3.63, 3.8) is 0 Å². The van der Waals surface area contributed by atoms with Crippen LogP contribution in [0.15, 0.2) is 6.20 Å². The summed E-state index contributed by atoms with van der Waals surface area (Å²) in [5.74, 6) is 0.838. The molecule has 1 aliphatic rings. The molecule has 1 aliphatic heterocycles. The quantitative estimate of drug-likeness (QED) is 0.896. The number of carbonyl (C=O) groups is 1. The number of amides is 1. The zero-order valence-electron chi connectivity index (χ0n) is 15.5. The SMILES string of the molecule is Cc1nc(N2CCCCCCC2)ncc1C(C)NC(=O)CN(C)C. The first kappa shape index (κ1) is 18.6. The Morgan fingerprint density at radius 3 is 2.46 bits per heavy atom. The molecule has 134 valence electrons. The van der Waals surface area contributed by atoms with E-state index in [1.54, 1.807) is 0 Å². The van der Waals surface area contributed by atoms with Crippen molar-refractivity contribution in [1.82, 2.24) is 20.2 Å². The van der Waals surface area contributed by atoms with Crippen LogP contribution in [0.25, 0.3) is 0 Å². The first-order valence-corrected chi connectivity index (χ1v) is 9.00. The number of likely N-dealkylation sites (N-methyl/N-ethyl adjacent to an activating group) is 1. The van der Waals surface area contributed by atoms with Crippen LogP contribution < -0.4 is 10.2 Å². The summed E-state index contributed by atoms with van der Waals surface area (Å²) in [5, 5.41) is 3.01. The van der Waals surface area contributed by atoms with Crippen LogP contribution in [0.2, 0.25) is 0 Å². The Labute approximate surface area is 145 Å². The predicted octanol–water partition coefficient (Wildman–Crippen LogP) is 2.29. The van der Waals surface area contributed by atoms with Gasteiger partial charge in [-0.2, -0.15) is 0 Å². The van der Waals surface area contributed by atoms with Gasteiger partial charge in [0.25, 0.3) is 0 Å². The summed E-state index contributed by atoms with van der Waals surface area (Å²) in [4.78, 5) is 25.4. The molecule has 1 amide bonds. The summed E-state index contributed by atoms with van der Waals surface area (Å²) in [7, 11) is 3.77. The lowest BCUT2D eigenvalue weighted by Crippen LogP contribution is -2.35. The van der Waals surface area contributed by atoms with Gasteiger partial charge in [0, 0.05) is 30.5 Å². The van der Waals surface area contributed by atoms with Crippen molar-refractivity contribution in [1.29, 1.82) is 0 Å². The van der Waals surface area contributed by atoms with E-state index in [9.17, 15) is 4.79 Å². The molecule has 1 fully saturated rings. The first-order valence-electron chi connectivity index (χ1n) is 9.00. The van der Waals surface area contributed by atoms with Crippen molar-refractivity contribution >= 4 is 11.9 Å². The van der Waals surface area contributed by atoms with Crippen LogP contribution in [-0.2, 0) is 4.79 Å². The second-order valence-corrected chi connectivity index (χ2v) is 6.99. The van der Waals surface area contributed by atoms with E-state index < -0.39 is 0 Å². The maximum Gasteiger partial charge on any atom is 0.234 e. The van der Waals surface area contributed by atoms with Gasteiger partial charge in [-0.15, -0.1) is 0 Å². The molecule has 0 saturated carbocycles. The zero-order valence-corrected chi connectivity index (χ0v) is 15.5. The molecule has 1 unspecified atom stereocenters. The van der Waals surface area contributed by atoms with Crippen molar-refractivity contribution in [3.05, 3.63) is 17.5 Å². The van der Waals surface area contributed by atoms with Gasteiger partial charge in [0.05, 0.1) is 12.6 Å². The number of hydrogen-bond acceptors (Lipinski definition) is 5. The molecule has 0 aromatic carbocycles. The largest absolute Gasteiger partial charge is 0.348 e. The molecule has 6 heteroatoms. The molecule has 0 aliphatic carbocycles. The van der Waals surface area contributed by atoms with Crippen molar-refractivity contribution in [2.45, 2.75) is 52.0 Å². The van der Waals surface area contributed by atoms with Crippen molar-refractivity contribution < 1.29 is 4.79 Å². The van der Waals surface area contributed by atoms with Crippen LogP contribution in [0.3, 0.4) is 0 Å². The van der Waals surface area contributed by atoms with Crippen molar-refractivity contribution in [2.75, 3.05) is 38.6 Å². The number of nitrogens with one attached hydrogen (secondary N) is 1. The van der Waals surface area contributed by atoms with Crippen molar-refractivity contribution in [3.8, 4) is 0 Å². The molecule has 1 N–H and O–H groups in total. The predicted molar refractivity (Wildman–Crippen MR) is 97.2 cm³/mol. The normalized spacial score (nSPS) is 17.3. The van der Waals surface area contributed by atoms with E-state index in [0.29, 0.717) is 6.54 Å². The highest BCUT2D eigenvalue weighted by Crippen LogP contribution is 2.20. The highest BCUT2D eigenvalue weighted by Gasteiger charge is 2.17. The molecule has 1 aromatic rings. The highest BCUT2D eigenvalue weighted by molar-refractivity contribution is 5.78. The molecule has 2 rings (SSSR count). The smallest absolute Gasteiger partial charge is 0.234 e. The fraction of sp³-hybridized carbons (Fsp3) is 0.722. The van der Waals surface area contributed by atoms with Crippen LogP contribution in [-0.4, -0.2) is 54.5 Å². The van der Waals surface area contributed by atoms with Crippen LogP contribution >= 0.6 is 0 Å². The van der Waals surface area contributed by atoms with E-state index in [1.165, 1.54) is 32.1 Å². The molecule has 0 spiro atoms. The summed E-state index contributed by atoms with van der Waals surface area (Å²) in [6, 6.07) is -0.0844. The molecule has 0 bridgehead atoms. The molecule has 24 heavy (non-hydrogen) atoms. The average molecular weight is 333 g/mol. The molecule has 6 nitrogen and oxygen atoms in total. The third-order valence-corrected chi connectivity index (χ3v) is 4.45. The van der Waals surface area contributed by atoms with Gasteiger partial charge in [0.1, 0.15) is 0 Å². The average Bonchev–Trinajstić information content (AvgIpc) is 2.45. The van der Waals surface area contributed by atoms with Crippen LogP contribution in [0.1, 0.15) is 56.3 Å².